The third-order valence-electron chi connectivity index (χ3n) is 5.55. The molecule has 1 heterocycles. The van der Waals surface area contributed by atoms with E-state index < -0.39 is 0 Å². The van der Waals surface area contributed by atoms with Crippen LogP contribution in [0.4, 0.5) is 4.39 Å². The highest BCUT2D eigenvalue weighted by molar-refractivity contribution is 5.48. The Labute approximate surface area is 172 Å². The van der Waals surface area contributed by atoms with Gasteiger partial charge in [0.15, 0.2) is 0 Å². The Hall–Kier alpha value is -2.75. The van der Waals surface area contributed by atoms with Crippen LogP contribution < -0.4 is 0 Å². The van der Waals surface area contributed by atoms with Gasteiger partial charge in [-0.25, -0.2) is 4.39 Å². The fourth-order valence-electron chi connectivity index (χ4n) is 4.00. The Morgan fingerprint density at radius 2 is 1.31 bits per heavy atom. The number of piperazine rings is 1. The first-order chi connectivity index (χ1) is 14.3. The molecule has 4 rings (SSSR count). The molecular formula is C26H27FN2. The van der Waals surface area contributed by atoms with E-state index in [2.05, 4.69) is 70.5 Å². The van der Waals surface area contributed by atoms with E-state index in [1.165, 1.54) is 11.1 Å². The molecule has 1 atom stereocenters. The second-order valence-electron chi connectivity index (χ2n) is 7.51. The highest BCUT2D eigenvalue weighted by Crippen LogP contribution is 2.29. The normalized spacial score (nSPS) is 16.9. The predicted octanol–water partition coefficient (Wildman–Crippen LogP) is 5.25. The van der Waals surface area contributed by atoms with Crippen molar-refractivity contribution in [3.63, 3.8) is 0 Å². The van der Waals surface area contributed by atoms with Gasteiger partial charge in [-0.1, -0.05) is 84.9 Å². The van der Waals surface area contributed by atoms with E-state index in [-0.39, 0.29) is 11.9 Å². The molecule has 1 fully saturated rings. The topological polar surface area (TPSA) is 6.48 Å². The van der Waals surface area contributed by atoms with Gasteiger partial charge in [-0.15, -0.1) is 0 Å². The predicted molar refractivity (Wildman–Crippen MR) is 118 cm³/mol. The van der Waals surface area contributed by atoms with Gasteiger partial charge in [0.25, 0.3) is 0 Å². The second kappa shape index (κ2) is 9.64. The average molecular weight is 386 g/mol. The number of nitrogens with zero attached hydrogens (tertiary/aromatic N) is 2. The summed E-state index contributed by atoms with van der Waals surface area (Å²) in [6.45, 7) is 5.02. The lowest BCUT2D eigenvalue weighted by Gasteiger charge is -2.39. The van der Waals surface area contributed by atoms with E-state index in [9.17, 15) is 4.39 Å². The summed E-state index contributed by atoms with van der Waals surface area (Å²) in [5.41, 5.74) is 3.65. The Morgan fingerprint density at radius 3 is 1.97 bits per heavy atom. The number of hydrogen-bond acceptors (Lipinski definition) is 2. The fourth-order valence-corrected chi connectivity index (χ4v) is 4.00. The van der Waals surface area contributed by atoms with Crippen LogP contribution in [0.1, 0.15) is 22.7 Å². The molecule has 0 radical (unpaired) electrons. The molecule has 0 N–H and O–H groups in total. The molecule has 3 heteroatoms. The van der Waals surface area contributed by atoms with E-state index in [4.69, 9.17) is 0 Å². The van der Waals surface area contributed by atoms with E-state index in [1.54, 1.807) is 12.1 Å². The van der Waals surface area contributed by atoms with Crippen molar-refractivity contribution in [3.8, 4) is 0 Å². The molecule has 0 saturated carbocycles. The van der Waals surface area contributed by atoms with E-state index in [1.807, 2.05) is 24.3 Å². The minimum absolute atomic E-state index is 0.166. The molecular weight excluding hydrogens is 358 g/mol. The molecule has 0 aromatic heterocycles. The summed E-state index contributed by atoms with van der Waals surface area (Å²) >= 11 is 0. The summed E-state index contributed by atoms with van der Waals surface area (Å²) in [7, 11) is 0. The van der Waals surface area contributed by atoms with Gasteiger partial charge in [-0.2, -0.15) is 0 Å². The minimum Gasteiger partial charge on any atom is -0.297 e. The molecule has 29 heavy (non-hydrogen) atoms. The van der Waals surface area contributed by atoms with Gasteiger partial charge < -0.3 is 0 Å². The molecule has 148 valence electrons. The van der Waals surface area contributed by atoms with Crippen molar-refractivity contribution in [2.24, 2.45) is 0 Å². The molecule has 2 nitrogen and oxygen atoms in total. The van der Waals surface area contributed by atoms with Gasteiger partial charge in [0, 0.05) is 32.7 Å². The maximum Gasteiger partial charge on any atom is 0.123 e. The van der Waals surface area contributed by atoms with Crippen molar-refractivity contribution in [1.29, 1.82) is 0 Å². The van der Waals surface area contributed by atoms with Crippen molar-refractivity contribution >= 4 is 6.08 Å². The lowest BCUT2D eigenvalue weighted by atomic mass is 9.96. The quantitative estimate of drug-likeness (QED) is 0.572. The van der Waals surface area contributed by atoms with Crippen LogP contribution in [0.25, 0.3) is 6.08 Å². The second-order valence-corrected chi connectivity index (χ2v) is 7.51. The van der Waals surface area contributed by atoms with Crippen LogP contribution in [0.15, 0.2) is 91.0 Å². The average Bonchev–Trinajstić information content (AvgIpc) is 2.78. The molecule has 0 bridgehead atoms. The Kier molecular flexibility index (Phi) is 6.50. The summed E-state index contributed by atoms with van der Waals surface area (Å²) < 4.78 is 13.5. The van der Waals surface area contributed by atoms with Gasteiger partial charge in [0.2, 0.25) is 0 Å². The third-order valence-corrected chi connectivity index (χ3v) is 5.55. The van der Waals surface area contributed by atoms with E-state index >= 15 is 0 Å². The largest absolute Gasteiger partial charge is 0.297 e. The molecule has 3 aromatic carbocycles. The summed E-state index contributed by atoms with van der Waals surface area (Å²) in [6, 6.07) is 28.1. The van der Waals surface area contributed by atoms with Crippen LogP contribution in [0.5, 0.6) is 0 Å². The maximum atomic E-state index is 13.5. The lowest BCUT2D eigenvalue weighted by molar-refractivity contribution is 0.118. The maximum absolute atomic E-state index is 13.5. The smallest absolute Gasteiger partial charge is 0.123 e. The molecule has 0 aliphatic carbocycles. The number of hydrogen-bond donors (Lipinski definition) is 0. The van der Waals surface area contributed by atoms with Gasteiger partial charge in [0.05, 0.1) is 6.04 Å². The number of rotatable bonds is 6. The Bertz CT molecular complexity index is 898. The molecule has 0 amide bonds. The first-order valence-electron chi connectivity index (χ1n) is 10.3. The Morgan fingerprint density at radius 1 is 0.724 bits per heavy atom. The monoisotopic (exact) mass is 385 g/mol. The zero-order chi connectivity index (χ0) is 19.9. The van der Waals surface area contributed by atoms with Gasteiger partial charge in [0.1, 0.15) is 5.82 Å². The molecule has 0 spiro atoms. The molecule has 1 saturated heterocycles. The highest BCUT2D eigenvalue weighted by atomic mass is 18.2. The summed E-state index contributed by atoms with van der Waals surface area (Å²) in [5, 5.41) is 0. The van der Waals surface area contributed by atoms with Gasteiger partial charge >= 0.3 is 0 Å². The van der Waals surface area contributed by atoms with Gasteiger partial charge in [-0.05, 0) is 28.8 Å². The first kappa shape index (κ1) is 19.6. The van der Waals surface area contributed by atoms with Gasteiger partial charge in [-0.3, -0.25) is 9.80 Å². The molecule has 1 unspecified atom stereocenters. The van der Waals surface area contributed by atoms with E-state index in [0.717, 1.165) is 38.3 Å². The standard InChI is InChI=1S/C26H27FN2/c27-25-15-13-24(14-16-25)26(23-11-5-2-6-12-23)29-20-18-28(19-21-29)17-7-10-22-8-3-1-4-9-22/h1-16,26H,17-21H2/b10-7+/i27-1. The van der Waals surface area contributed by atoms with Crippen molar-refractivity contribution in [3.05, 3.63) is 114 Å². The zero-order valence-corrected chi connectivity index (χ0v) is 16.6. The molecule has 1 aliphatic rings. The molecule has 3 aromatic rings. The minimum atomic E-state index is -0.185. The van der Waals surface area contributed by atoms with Crippen LogP contribution in [-0.4, -0.2) is 42.5 Å². The van der Waals surface area contributed by atoms with Crippen molar-refractivity contribution in [2.45, 2.75) is 6.04 Å². The Balaban J connectivity index is 1.41. The van der Waals surface area contributed by atoms with E-state index in [0.29, 0.717) is 0 Å². The summed E-state index contributed by atoms with van der Waals surface area (Å²) in [5.74, 6) is -0.185. The summed E-state index contributed by atoms with van der Waals surface area (Å²) in [4.78, 5) is 5.00. The van der Waals surface area contributed by atoms with Crippen LogP contribution in [-0.2, 0) is 0 Å². The summed E-state index contributed by atoms with van der Waals surface area (Å²) in [6.07, 6.45) is 4.44. The van der Waals surface area contributed by atoms with Crippen LogP contribution in [0.2, 0.25) is 0 Å². The molecule has 1 aliphatic heterocycles. The van der Waals surface area contributed by atoms with Crippen LogP contribution in [0.3, 0.4) is 0 Å². The lowest BCUT2D eigenvalue weighted by Crippen LogP contribution is -2.47. The zero-order valence-electron chi connectivity index (χ0n) is 16.6. The van der Waals surface area contributed by atoms with Crippen LogP contribution in [0, 0.1) is 5.82 Å². The van der Waals surface area contributed by atoms with Crippen molar-refractivity contribution in [2.75, 3.05) is 32.7 Å². The van der Waals surface area contributed by atoms with Crippen LogP contribution >= 0.6 is 0 Å². The van der Waals surface area contributed by atoms with Crippen molar-refractivity contribution in [1.82, 2.24) is 9.80 Å². The third kappa shape index (κ3) is 5.20. The fraction of sp³-hybridized carbons (Fsp3) is 0.231. The highest BCUT2D eigenvalue weighted by Gasteiger charge is 2.26. The number of benzene rings is 3. The first-order valence-corrected chi connectivity index (χ1v) is 10.3. The SMILES string of the molecule is [18F]c1ccc(C(c2ccccc2)N2CCN(C/C=C/c3ccccc3)CC2)cc1. The van der Waals surface area contributed by atoms with Crippen molar-refractivity contribution < 1.29 is 4.39 Å². The number of halogens is 1.